The summed E-state index contributed by atoms with van der Waals surface area (Å²) < 4.78 is 2.40. The molecule has 25 heavy (non-hydrogen) atoms. The zero-order chi connectivity index (χ0) is 17.8. The predicted octanol–water partition coefficient (Wildman–Crippen LogP) is 4.00. The molecule has 3 aromatic rings. The standard InChI is InChI=1S/C17H15BrN4O2S/c1-11-2-6-16(25-11)15(23)5-7-17(24)21-13-8-12(18)3-4-14(13)22-10-19-9-20-22/h2-4,6,8-10H,5,7H2,1H3,(H,21,24). The molecule has 6 nitrogen and oxygen atoms in total. The number of amides is 1. The average molecular weight is 419 g/mol. The molecule has 0 fully saturated rings. The van der Waals surface area contributed by atoms with Crippen molar-refractivity contribution < 1.29 is 9.59 Å². The molecule has 0 unspecified atom stereocenters. The number of rotatable bonds is 6. The van der Waals surface area contributed by atoms with E-state index in [1.54, 1.807) is 23.1 Å². The summed E-state index contributed by atoms with van der Waals surface area (Å²) >= 11 is 4.84. The van der Waals surface area contributed by atoms with E-state index in [0.29, 0.717) is 16.3 Å². The molecule has 0 saturated carbocycles. The number of thiophene rings is 1. The van der Waals surface area contributed by atoms with Crippen molar-refractivity contribution in [3.8, 4) is 5.69 Å². The van der Waals surface area contributed by atoms with E-state index in [-0.39, 0.29) is 24.5 Å². The van der Waals surface area contributed by atoms with Gasteiger partial charge in [0.15, 0.2) is 5.78 Å². The number of hydrogen-bond acceptors (Lipinski definition) is 5. The van der Waals surface area contributed by atoms with Gasteiger partial charge in [-0.2, -0.15) is 5.10 Å². The summed E-state index contributed by atoms with van der Waals surface area (Å²) in [5.74, 6) is -0.236. The number of anilines is 1. The Labute approximate surface area is 157 Å². The van der Waals surface area contributed by atoms with Crippen LogP contribution in [0.4, 0.5) is 5.69 Å². The van der Waals surface area contributed by atoms with E-state index < -0.39 is 0 Å². The van der Waals surface area contributed by atoms with E-state index in [0.717, 1.165) is 9.35 Å². The molecule has 2 aromatic heterocycles. The van der Waals surface area contributed by atoms with Crippen LogP contribution in [0, 0.1) is 6.92 Å². The molecule has 0 aliphatic carbocycles. The maximum absolute atomic E-state index is 12.3. The lowest BCUT2D eigenvalue weighted by Gasteiger charge is -2.11. The molecule has 1 aromatic carbocycles. The second-order valence-electron chi connectivity index (χ2n) is 5.38. The molecular weight excluding hydrogens is 404 g/mol. The number of ketones is 1. The lowest BCUT2D eigenvalue weighted by atomic mass is 10.2. The molecule has 0 atom stereocenters. The maximum atomic E-state index is 12.3. The van der Waals surface area contributed by atoms with Crippen LogP contribution in [0.2, 0.25) is 0 Å². The molecule has 2 heterocycles. The number of aryl methyl sites for hydroxylation is 1. The minimum Gasteiger partial charge on any atom is -0.324 e. The highest BCUT2D eigenvalue weighted by atomic mass is 79.9. The molecule has 0 saturated heterocycles. The van der Waals surface area contributed by atoms with Crippen LogP contribution in [0.1, 0.15) is 27.4 Å². The van der Waals surface area contributed by atoms with Gasteiger partial charge in [-0.05, 0) is 37.3 Å². The first-order chi connectivity index (χ1) is 12.0. The van der Waals surface area contributed by atoms with E-state index in [4.69, 9.17) is 0 Å². The Kier molecular flexibility index (Phi) is 5.40. The maximum Gasteiger partial charge on any atom is 0.224 e. The Balaban J connectivity index is 1.67. The van der Waals surface area contributed by atoms with Crippen LogP contribution in [0.25, 0.3) is 5.69 Å². The zero-order valence-corrected chi connectivity index (χ0v) is 15.8. The third kappa shape index (κ3) is 4.40. The van der Waals surface area contributed by atoms with Gasteiger partial charge >= 0.3 is 0 Å². The molecule has 1 amide bonds. The van der Waals surface area contributed by atoms with E-state index in [1.807, 2.05) is 25.1 Å². The molecule has 3 rings (SSSR count). The minimum atomic E-state index is -0.221. The molecule has 0 bridgehead atoms. The first-order valence-corrected chi connectivity index (χ1v) is 9.18. The summed E-state index contributed by atoms with van der Waals surface area (Å²) in [4.78, 5) is 30.1. The Morgan fingerprint density at radius 2 is 2.08 bits per heavy atom. The second kappa shape index (κ2) is 7.71. The lowest BCUT2D eigenvalue weighted by molar-refractivity contribution is -0.116. The number of nitrogens with zero attached hydrogens (tertiary/aromatic N) is 3. The van der Waals surface area contributed by atoms with Crippen molar-refractivity contribution in [2.45, 2.75) is 19.8 Å². The average Bonchev–Trinajstić information content (AvgIpc) is 3.24. The topological polar surface area (TPSA) is 76.9 Å². The van der Waals surface area contributed by atoms with E-state index in [2.05, 4.69) is 31.3 Å². The fraction of sp³-hybridized carbons (Fsp3) is 0.176. The van der Waals surface area contributed by atoms with Gasteiger partial charge in [-0.25, -0.2) is 9.67 Å². The van der Waals surface area contributed by atoms with Crippen molar-refractivity contribution in [3.63, 3.8) is 0 Å². The molecule has 0 radical (unpaired) electrons. The van der Waals surface area contributed by atoms with Gasteiger partial charge in [0.05, 0.1) is 16.3 Å². The van der Waals surface area contributed by atoms with Gasteiger partial charge in [0.25, 0.3) is 0 Å². The van der Waals surface area contributed by atoms with Crippen LogP contribution in [-0.4, -0.2) is 26.5 Å². The lowest BCUT2D eigenvalue weighted by Crippen LogP contribution is -2.15. The summed E-state index contributed by atoms with van der Waals surface area (Å²) in [6.07, 6.45) is 3.29. The third-order valence-electron chi connectivity index (χ3n) is 3.49. The number of benzene rings is 1. The third-order valence-corrected chi connectivity index (χ3v) is 5.03. The summed E-state index contributed by atoms with van der Waals surface area (Å²) in [5.41, 5.74) is 1.30. The van der Waals surface area contributed by atoms with E-state index in [1.165, 1.54) is 17.7 Å². The Morgan fingerprint density at radius 1 is 1.24 bits per heavy atom. The quantitative estimate of drug-likeness (QED) is 0.613. The number of carbonyl (C=O) groups excluding carboxylic acids is 2. The van der Waals surface area contributed by atoms with Crippen LogP contribution < -0.4 is 5.32 Å². The predicted molar refractivity (Wildman–Crippen MR) is 100 cm³/mol. The first kappa shape index (κ1) is 17.5. The smallest absolute Gasteiger partial charge is 0.224 e. The fourth-order valence-corrected chi connectivity index (χ4v) is 3.48. The van der Waals surface area contributed by atoms with Crippen LogP contribution in [-0.2, 0) is 4.79 Å². The number of hydrogen-bond donors (Lipinski definition) is 1. The molecule has 0 aliphatic rings. The Hall–Kier alpha value is -2.32. The van der Waals surface area contributed by atoms with Gasteiger partial charge in [0.1, 0.15) is 12.7 Å². The van der Waals surface area contributed by atoms with Gasteiger partial charge in [-0.15, -0.1) is 11.3 Å². The number of halogens is 1. The van der Waals surface area contributed by atoms with Gasteiger partial charge in [0.2, 0.25) is 5.91 Å². The van der Waals surface area contributed by atoms with Crippen molar-refractivity contribution in [3.05, 3.63) is 57.2 Å². The van der Waals surface area contributed by atoms with Crippen LogP contribution in [0.15, 0.2) is 47.5 Å². The largest absolute Gasteiger partial charge is 0.324 e. The molecular formula is C17H15BrN4O2S. The van der Waals surface area contributed by atoms with Crippen LogP contribution in [0.5, 0.6) is 0 Å². The molecule has 128 valence electrons. The van der Waals surface area contributed by atoms with Crippen molar-refractivity contribution in [2.24, 2.45) is 0 Å². The summed E-state index contributed by atoms with van der Waals surface area (Å²) in [6.45, 7) is 1.95. The Morgan fingerprint density at radius 3 is 2.76 bits per heavy atom. The number of aromatic nitrogens is 3. The van der Waals surface area contributed by atoms with Gasteiger partial charge < -0.3 is 5.32 Å². The molecule has 0 aliphatic heterocycles. The van der Waals surface area contributed by atoms with Crippen LogP contribution in [0.3, 0.4) is 0 Å². The highest BCUT2D eigenvalue weighted by molar-refractivity contribution is 9.10. The van der Waals surface area contributed by atoms with Crippen molar-refractivity contribution in [1.29, 1.82) is 0 Å². The van der Waals surface area contributed by atoms with E-state index >= 15 is 0 Å². The minimum absolute atomic E-state index is 0.0148. The second-order valence-corrected chi connectivity index (χ2v) is 7.59. The summed E-state index contributed by atoms with van der Waals surface area (Å²) in [6, 6.07) is 9.18. The van der Waals surface area contributed by atoms with Gasteiger partial charge in [0, 0.05) is 22.2 Å². The monoisotopic (exact) mass is 418 g/mol. The number of carbonyl (C=O) groups is 2. The van der Waals surface area contributed by atoms with Gasteiger partial charge in [-0.3, -0.25) is 9.59 Å². The number of nitrogens with one attached hydrogen (secondary N) is 1. The summed E-state index contributed by atoms with van der Waals surface area (Å²) in [7, 11) is 0. The molecule has 1 N–H and O–H groups in total. The normalized spacial score (nSPS) is 10.6. The molecule has 8 heteroatoms. The molecule has 0 spiro atoms. The zero-order valence-electron chi connectivity index (χ0n) is 13.4. The SMILES string of the molecule is Cc1ccc(C(=O)CCC(=O)Nc2cc(Br)ccc2-n2cncn2)s1. The van der Waals surface area contributed by atoms with E-state index in [9.17, 15) is 9.59 Å². The first-order valence-electron chi connectivity index (χ1n) is 7.57. The fourth-order valence-electron chi connectivity index (χ4n) is 2.29. The van der Waals surface area contributed by atoms with Crippen molar-refractivity contribution >= 4 is 44.6 Å². The van der Waals surface area contributed by atoms with Crippen molar-refractivity contribution in [1.82, 2.24) is 14.8 Å². The number of Topliss-reactive ketones (excluding diaryl/α,β-unsaturated/α-hetero) is 1. The van der Waals surface area contributed by atoms with Crippen molar-refractivity contribution in [2.75, 3.05) is 5.32 Å². The highest BCUT2D eigenvalue weighted by Crippen LogP contribution is 2.25. The van der Waals surface area contributed by atoms with Crippen LogP contribution >= 0.6 is 27.3 Å². The van der Waals surface area contributed by atoms with Gasteiger partial charge in [-0.1, -0.05) is 15.9 Å². The highest BCUT2D eigenvalue weighted by Gasteiger charge is 2.13. The Bertz CT molecular complexity index is 905. The summed E-state index contributed by atoms with van der Waals surface area (Å²) in [5, 5.41) is 6.93.